The SMILES string of the molecule is O=C(/C=C\c1ccc(F)cc1)Nc1ccc2nc(Cl)sc2c1. The van der Waals surface area contributed by atoms with E-state index in [0.717, 1.165) is 15.8 Å². The van der Waals surface area contributed by atoms with Gasteiger partial charge in [0.2, 0.25) is 5.91 Å². The lowest BCUT2D eigenvalue weighted by Gasteiger charge is -2.01. The fraction of sp³-hybridized carbons (Fsp3) is 0. The van der Waals surface area contributed by atoms with E-state index in [1.165, 1.54) is 29.5 Å². The van der Waals surface area contributed by atoms with E-state index in [1.54, 1.807) is 30.3 Å². The summed E-state index contributed by atoms with van der Waals surface area (Å²) in [5.74, 6) is -0.572. The first-order valence-corrected chi connectivity index (χ1v) is 7.60. The predicted octanol–water partition coefficient (Wildman–Crippen LogP) is 4.74. The highest BCUT2D eigenvalue weighted by atomic mass is 35.5. The molecule has 1 aromatic heterocycles. The number of amides is 1. The molecule has 0 unspecified atom stereocenters. The van der Waals surface area contributed by atoms with Gasteiger partial charge in [-0.25, -0.2) is 9.37 Å². The average Bonchev–Trinajstić information content (AvgIpc) is 2.86. The number of anilines is 1. The van der Waals surface area contributed by atoms with Crippen LogP contribution in [0.4, 0.5) is 10.1 Å². The summed E-state index contributed by atoms with van der Waals surface area (Å²) in [7, 11) is 0. The van der Waals surface area contributed by atoms with Crippen LogP contribution in [0.15, 0.2) is 48.5 Å². The van der Waals surface area contributed by atoms with Crippen molar-refractivity contribution in [3.63, 3.8) is 0 Å². The number of rotatable bonds is 3. The molecule has 0 atom stereocenters. The molecule has 3 rings (SSSR count). The fourth-order valence-corrected chi connectivity index (χ4v) is 2.97. The Morgan fingerprint density at radius 3 is 2.77 bits per heavy atom. The molecule has 0 spiro atoms. The second-order valence-electron chi connectivity index (χ2n) is 4.52. The Bertz CT molecular complexity index is 858. The molecule has 0 aliphatic rings. The van der Waals surface area contributed by atoms with Crippen LogP contribution in [0.1, 0.15) is 5.56 Å². The molecule has 0 bridgehead atoms. The number of hydrogen-bond acceptors (Lipinski definition) is 3. The smallest absolute Gasteiger partial charge is 0.248 e. The number of fused-ring (bicyclic) bond motifs is 1. The zero-order valence-electron chi connectivity index (χ0n) is 11.2. The van der Waals surface area contributed by atoms with E-state index < -0.39 is 0 Å². The molecule has 2 aromatic carbocycles. The minimum absolute atomic E-state index is 0.265. The van der Waals surface area contributed by atoms with Crippen LogP contribution in [0.2, 0.25) is 4.47 Å². The lowest BCUT2D eigenvalue weighted by Crippen LogP contribution is -2.07. The first-order chi connectivity index (χ1) is 10.6. The Balaban J connectivity index is 1.70. The van der Waals surface area contributed by atoms with E-state index in [2.05, 4.69) is 10.3 Å². The van der Waals surface area contributed by atoms with Gasteiger partial charge in [-0.15, -0.1) is 11.3 Å². The number of aromatic nitrogens is 1. The maximum absolute atomic E-state index is 12.8. The lowest BCUT2D eigenvalue weighted by molar-refractivity contribution is -0.111. The van der Waals surface area contributed by atoms with Crippen LogP contribution in [-0.4, -0.2) is 10.9 Å². The molecule has 3 aromatic rings. The van der Waals surface area contributed by atoms with Gasteiger partial charge in [0, 0.05) is 11.8 Å². The summed E-state index contributed by atoms with van der Waals surface area (Å²) in [6.07, 6.45) is 3.02. The van der Waals surface area contributed by atoms with E-state index in [4.69, 9.17) is 11.6 Å². The van der Waals surface area contributed by atoms with E-state index in [9.17, 15) is 9.18 Å². The topological polar surface area (TPSA) is 42.0 Å². The van der Waals surface area contributed by atoms with E-state index >= 15 is 0 Å². The van der Waals surface area contributed by atoms with Gasteiger partial charge in [0.1, 0.15) is 5.82 Å². The number of carbonyl (C=O) groups excluding carboxylic acids is 1. The van der Waals surface area contributed by atoms with Crippen molar-refractivity contribution in [3.05, 3.63) is 64.4 Å². The van der Waals surface area contributed by atoms with Crippen molar-refractivity contribution >= 4 is 50.8 Å². The molecular formula is C16H10ClFN2OS. The largest absolute Gasteiger partial charge is 0.322 e. The third kappa shape index (κ3) is 3.50. The van der Waals surface area contributed by atoms with Crippen molar-refractivity contribution in [2.45, 2.75) is 0 Å². The van der Waals surface area contributed by atoms with Crippen LogP contribution in [-0.2, 0) is 4.79 Å². The van der Waals surface area contributed by atoms with Crippen LogP contribution in [0, 0.1) is 5.82 Å². The maximum atomic E-state index is 12.8. The van der Waals surface area contributed by atoms with Crippen LogP contribution in [0.25, 0.3) is 16.3 Å². The number of carbonyl (C=O) groups is 1. The van der Waals surface area contributed by atoms with Crippen LogP contribution in [0.5, 0.6) is 0 Å². The third-order valence-corrected chi connectivity index (χ3v) is 4.05. The van der Waals surface area contributed by atoms with Gasteiger partial charge in [-0.3, -0.25) is 4.79 Å². The van der Waals surface area contributed by atoms with Crippen LogP contribution >= 0.6 is 22.9 Å². The molecule has 0 aliphatic heterocycles. The number of halogens is 2. The first-order valence-electron chi connectivity index (χ1n) is 6.41. The number of thiazole rings is 1. The normalized spacial score (nSPS) is 11.2. The molecule has 0 saturated heterocycles. The molecule has 22 heavy (non-hydrogen) atoms. The van der Waals surface area contributed by atoms with Crippen molar-refractivity contribution in [1.29, 1.82) is 0 Å². The minimum atomic E-state index is -0.307. The van der Waals surface area contributed by atoms with Crippen LogP contribution in [0.3, 0.4) is 0 Å². The van der Waals surface area contributed by atoms with Gasteiger partial charge >= 0.3 is 0 Å². The summed E-state index contributed by atoms with van der Waals surface area (Å²) in [4.78, 5) is 16.0. The fourth-order valence-electron chi connectivity index (χ4n) is 1.90. The molecule has 0 saturated carbocycles. The molecule has 1 amide bonds. The maximum Gasteiger partial charge on any atom is 0.248 e. The Kier molecular flexibility index (Phi) is 4.18. The van der Waals surface area contributed by atoms with Crippen molar-refractivity contribution in [3.8, 4) is 0 Å². The summed E-state index contributed by atoms with van der Waals surface area (Å²) in [5, 5.41) is 2.76. The molecular weight excluding hydrogens is 323 g/mol. The molecule has 1 N–H and O–H groups in total. The number of hydrogen-bond donors (Lipinski definition) is 1. The Morgan fingerprint density at radius 1 is 1.23 bits per heavy atom. The summed E-state index contributed by atoms with van der Waals surface area (Å²) in [6.45, 7) is 0. The van der Waals surface area contributed by atoms with E-state index in [1.807, 2.05) is 6.07 Å². The predicted molar refractivity (Wildman–Crippen MR) is 88.7 cm³/mol. The molecule has 0 radical (unpaired) electrons. The number of nitrogens with zero attached hydrogens (tertiary/aromatic N) is 1. The first kappa shape index (κ1) is 14.7. The quantitative estimate of drug-likeness (QED) is 0.704. The Hall–Kier alpha value is -2.24. The number of nitrogens with one attached hydrogen (secondary N) is 1. The minimum Gasteiger partial charge on any atom is -0.322 e. The summed E-state index contributed by atoms with van der Waals surface area (Å²) < 4.78 is 14.2. The highest BCUT2D eigenvalue weighted by molar-refractivity contribution is 7.22. The monoisotopic (exact) mass is 332 g/mol. The summed E-state index contributed by atoms with van der Waals surface area (Å²) in [6, 6.07) is 11.3. The molecule has 110 valence electrons. The molecule has 1 heterocycles. The molecule has 6 heteroatoms. The van der Waals surface area contributed by atoms with Gasteiger partial charge in [-0.2, -0.15) is 0 Å². The highest BCUT2D eigenvalue weighted by Gasteiger charge is 2.04. The van der Waals surface area contributed by atoms with Gasteiger partial charge < -0.3 is 5.32 Å². The standard InChI is InChI=1S/C16H10ClFN2OS/c17-16-20-13-7-6-12(9-14(13)22-16)19-15(21)8-3-10-1-4-11(18)5-2-10/h1-9H,(H,19,21)/b8-3-. The zero-order chi connectivity index (χ0) is 15.5. The molecule has 3 nitrogen and oxygen atoms in total. The van der Waals surface area contributed by atoms with Gasteiger partial charge in [-0.1, -0.05) is 23.7 Å². The van der Waals surface area contributed by atoms with Gasteiger partial charge in [0.25, 0.3) is 0 Å². The van der Waals surface area contributed by atoms with Gasteiger partial charge in [-0.05, 0) is 42.0 Å². The number of benzene rings is 2. The molecule has 0 fully saturated rings. The summed E-state index contributed by atoms with van der Waals surface area (Å²) >= 11 is 7.21. The second kappa shape index (κ2) is 6.25. The Morgan fingerprint density at radius 2 is 2.00 bits per heavy atom. The van der Waals surface area contributed by atoms with E-state index in [0.29, 0.717) is 10.2 Å². The Labute approximate surface area is 135 Å². The lowest BCUT2D eigenvalue weighted by atomic mass is 10.2. The van der Waals surface area contributed by atoms with Crippen LogP contribution < -0.4 is 5.32 Å². The third-order valence-electron chi connectivity index (χ3n) is 2.93. The average molecular weight is 333 g/mol. The van der Waals surface area contributed by atoms with Gasteiger partial charge in [0.05, 0.1) is 10.2 Å². The highest BCUT2D eigenvalue weighted by Crippen LogP contribution is 2.27. The zero-order valence-corrected chi connectivity index (χ0v) is 12.8. The van der Waals surface area contributed by atoms with Gasteiger partial charge in [0.15, 0.2) is 4.47 Å². The van der Waals surface area contributed by atoms with Crippen molar-refractivity contribution < 1.29 is 9.18 Å². The summed E-state index contributed by atoms with van der Waals surface area (Å²) in [5.41, 5.74) is 2.22. The van der Waals surface area contributed by atoms with Crippen molar-refractivity contribution in [2.75, 3.05) is 5.32 Å². The molecule has 0 aliphatic carbocycles. The van der Waals surface area contributed by atoms with Crippen molar-refractivity contribution in [1.82, 2.24) is 4.98 Å². The second-order valence-corrected chi connectivity index (χ2v) is 6.14. The van der Waals surface area contributed by atoms with Crippen molar-refractivity contribution in [2.24, 2.45) is 0 Å². The van der Waals surface area contributed by atoms with E-state index in [-0.39, 0.29) is 11.7 Å².